The van der Waals surface area contributed by atoms with Crippen molar-refractivity contribution in [2.45, 2.75) is 5.92 Å². The van der Waals surface area contributed by atoms with Gasteiger partial charge in [-0.25, -0.2) is 0 Å². The van der Waals surface area contributed by atoms with Gasteiger partial charge < -0.3 is 9.47 Å². The number of allylic oxidation sites excluding steroid dienone is 1. The molecule has 0 amide bonds. The highest BCUT2D eigenvalue weighted by molar-refractivity contribution is 9.11. The monoisotopic (exact) mass is 443 g/mol. The smallest absolute Gasteiger partial charge is 0.148 e. The lowest BCUT2D eigenvalue weighted by Crippen LogP contribution is -2.23. The van der Waals surface area contributed by atoms with Crippen LogP contribution in [0.2, 0.25) is 0 Å². The maximum Gasteiger partial charge on any atom is 0.148 e. The van der Waals surface area contributed by atoms with E-state index in [1.807, 2.05) is 42.5 Å². The molecule has 0 bridgehead atoms. The number of halogens is 2. The quantitative estimate of drug-likeness (QED) is 0.580. The molecule has 2 aromatic rings. The van der Waals surface area contributed by atoms with E-state index in [2.05, 4.69) is 37.9 Å². The fourth-order valence-corrected chi connectivity index (χ4v) is 4.46. The number of nitrogens with zero attached hydrogens (tertiary/aromatic N) is 1. The van der Waals surface area contributed by atoms with E-state index in [1.54, 1.807) is 6.26 Å². The molecular weight excluding hydrogens is 434 g/mol. The summed E-state index contributed by atoms with van der Waals surface area (Å²) in [6.07, 6.45) is 1.71. The van der Waals surface area contributed by atoms with E-state index in [4.69, 9.17) is 9.47 Å². The maximum absolute atomic E-state index is 9.85. The Morgan fingerprint density at radius 3 is 2.67 bits per heavy atom. The van der Waals surface area contributed by atoms with Gasteiger partial charge in [0.15, 0.2) is 0 Å². The first-order chi connectivity index (χ1) is 11.7. The Kier molecular flexibility index (Phi) is 3.95. The molecule has 0 N–H and O–H groups in total. The molecule has 0 fully saturated rings. The topological polar surface area (TPSA) is 42.2 Å². The molecule has 24 heavy (non-hydrogen) atoms. The number of hydrogen-bond acceptors (Lipinski definition) is 3. The molecule has 1 unspecified atom stereocenters. The van der Waals surface area contributed by atoms with Gasteiger partial charge in [-0.2, -0.15) is 5.26 Å². The van der Waals surface area contributed by atoms with Crippen molar-refractivity contribution in [3.05, 3.63) is 79.9 Å². The Bertz CT molecular complexity index is 926. The molecule has 5 heteroatoms. The molecule has 0 saturated heterocycles. The van der Waals surface area contributed by atoms with Gasteiger partial charge in [0, 0.05) is 21.2 Å². The molecule has 0 aliphatic carbocycles. The van der Waals surface area contributed by atoms with Crippen LogP contribution < -0.4 is 4.74 Å². The lowest BCUT2D eigenvalue weighted by molar-refractivity contribution is 0.304. The zero-order valence-electron chi connectivity index (χ0n) is 12.4. The largest absolute Gasteiger partial charge is 0.488 e. The summed E-state index contributed by atoms with van der Waals surface area (Å²) in [5.74, 6) is 1.23. The summed E-state index contributed by atoms with van der Waals surface area (Å²) in [7, 11) is 0. The zero-order valence-corrected chi connectivity index (χ0v) is 15.6. The minimum Gasteiger partial charge on any atom is -0.488 e. The van der Waals surface area contributed by atoms with Crippen molar-refractivity contribution in [1.82, 2.24) is 0 Å². The molecule has 3 nitrogen and oxygen atoms in total. The lowest BCUT2D eigenvalue weighted by atomic mass is 9.81. The van der Waals surface area contributed by atoms with Gasteiger partial charge in [0.25, 0.3) is 0 Å². The molecule has 118 valence electrons. The maximum atomic E-state index is 9.85. The van der Waals surface area contributed by atoms with E-state index in [9.17, 15) is 5.26 Å². The van der Waals surface area contributed by atoms with Crippen LogP contribution in [0.15, 0.2) is 68.8 Å². The number of rotatable bonds is 1. The summed E-state index contributed by atoms with van der Waals surface area (Å²) in [6, 6.07) is 16.0. The van der Waals surface area contributed by atoms with E-state index in [0.717, 1.165) is 31.4 Å². The minimum absolute atomic E-state index is 0.156. The summed E-state index contributed by atoms with van der Waals surface area (Å²) in [5, 5.41) is 9.85. The SMILES string of the molecule is N#CC1=C(c2ccccc2)OC=C2COc3c(Br)cc(Br)cc3C21. The highest BCUT2D eigenvalue weighted by atomic mass is 79.9. The fraction of sp³-hybridized carbons (Fsp3) is 0.105. The van der Waals surface area contributed by atoms with Crippen molar-refractivity contribution < 1.29 is 9.47 Å². The predicted octanol–water partition coefficient (Wildman–Crippen LogP) is 5.54. The van der Waals surface area contributed by atoms with Crippen molar-refractivity contribution in [2.75, 3.05) is 6.61 Å². The number of ether oxygens (including phenoxy) is 2. The molecule has 0 aromatic heterocycles. The Morgan fingerprint density at radius 2 is 1.92 bits per heavy atom. The minimum atomic E-state index is -0.156. The van der Waals surface area contributed by atoms with E-state index in [0.29, 0.717) is 17.9 Å². The normalized spacial score (nSPS) is 18.5. The van der Waals surface area contributed by atoms with Gasteiger partial charge in [-0.15, -0.1) is 0 Å². The van der Waals surface area contributed by atoms with Crippen LogP contribution in [0.1, 0.15) is 17.0 Å². The predicted molar refractivity (Wildman–Crippen MR) is 98.2 cm³/mol. The molecule has 1 atom stereocenters. The first-order valence-electron chi connectivity index (χ1n) is 7.36. The Hall–Kier alpha value is -2.03. The Labute approximate surface area is 156 Å². The molecule has 2 aliphatic rings. The van der Waals surface area contributed by atoms with Crippen LogP contribution >= 0.6 is 31.9 Å². The molecule has 4 rings (SSSR count). The Morgan fingerprint density at radius 1 is 1.12 bits per heavy atom. The molecule has 0 spiro atoms. The van der Waals surface area contributed by atoms with Gasteiger partial charge >= 0.3 is 0 Å². The summed E-state index contributed by atoms with van der Waals surface area (Å²) in [4.78, 5) is 0. The zero-order chi connectivity index (χ0) is 16.7. The highest BCUT2D eigenvalue weighted by Crippen LogP contribution is 2.49. The average Bonchev–Trinajstić information content (AvgIpc) is 2.61. The lowest BCUT2D eigenvalue weighted by Gasteiger charge is -2.32. The third-order valence-electron chi connectivity index (χ3n) is 4.12. The van der Waals surface area contributed by atoms with Gasteiger partial charge in [-0.1, -0.05) is 46.3 Å². The van der Waals surface area contributed by atoms with Crippen LogP contribution in [0.25, 0.3) is 5.76 Å². The van der Waals surface area contributed by atoms with E-state index in [-0.39, 0.29) is 5.92 Å². The highest BCUT2D eigenvalue weighted by Gasteiger charge is 2.36. The van der Waals surface area contributed by atoms with Crippen LogP contribution in [0, 0.1) is 11.3 Å². The van der Waals surface area contributed by atoms with Crippen LogP contribution in [-0.2, 0) is 4.74 Å². The first kappa shape index (κ1) is 15.5. The van der Waals surface area contributed by atoms with Gasteiger partial charge in [0.2, 0.25) is 0 Å². The molecule has 2 aliphatic heterocycles. The number of nitriles is 1. The summed E-state index contributed by atoms with van der Waals surface area (Å²) in [6.45, 7) is 0.408. The third kappa shape index (κ3) is 2.47. The van der Waals surface area contributed by atoms with Crippen LogP contribution in [0.5, 0.6) is 5.75 Å². The molecular formula is C19H11Br2NO2. The second kappa shape index (κ2) is 6.12. The van der Waals surface area contributed by atoms with Crippen molar-refractivity contribution in [3.63, 3.8) is 0 Å². The van der Waals surface area contributed by atoms with E-state index >= 15 is 0 Å². The molecule has 0 radical (unpaired) electrons. The standard InChI is InChI=1S/C19H11Br2NO2/c20-13-6-14-17-12(10-24-19(14)16(21)7-13)9-23-18(15(17)8-22)11-4-2-1-3-5-11/h1-7,9,17H,10H2. The van der Waals surface area contributed by atoms with E-state index in [1.165, 1.54) is 0 Å². The molecule has 2 aromatic carbocycles. The van der Waals surface area contributed by atoms with Crippen LogP contribution in [0.3, 0.4) is 0 Å². The second-order valence-corrected chi connectivity index (χ2v) is 7.33. The van der Waals surface area contributed by atoms with Crippen molar-refractivity contribution in [1.29, 1.82) is 5.26 Å². The second-order valence-electron chi connectivity index (χ2n) is 5.56. The molecule has 0 saturated carbocycles. The third-order valence-corrected chi connectivity index (χ3v) is 5.17. The van der Waals surface area contributed by atoms with Gasteiger partial charge in [0.05, 0.1) is 28.3 Å². The summed E-state index contributed by atoms with van der Waals surface area (Å²) in [5.41, 5.74) is 3.41. The average molecular weight is 445 g/mol. The van der Waals surface area contributed by atoms with Crippen LogP contribution in [-0.4, -0.2) is 6.61 Å². The summed E-state index contributed by atoms with van der Waals surface area (Å²) >= 11 is 7.07. The van der Waals surface area contributed by atoms with E-state index < -0.39 is 0 Å². The fourth-order valence-electron chi connectivity index (χ4n) is 3.09. The van der Waals surface area contributed by atoms with Gasteiger partial charge in [-0.05, 0) is 28.1 Å². The van der Waals surface area contributed by atoms with Crippen molar-refractivity contribution in [2.24, 2.45) is 0 Å². The molecule has 2 heterocycles. The number of hydrogen-bond donors (Lipinski definition) is 0. The van der Waals surface area contributed by atoms with Gasteiger partial charge in [0.1, 0.15) is 18.1 Å². The number of fused-ring (bicyclic) bond motifs is 3. The first-order valence-corrected chi connectivity index (χ1v) is 8.94. The Balaban J connectivity index is 1.93. The summed E-state index contributed by atoms with van der Waals surface area (Å²) < 4.78 is 13.5. The van der Waals surface area contributed by atoms with Crippen LogP contribution in [0.4, 0.5) is 0 Å². The number of benzene rings is 2. The van der Waals surface area contributed by atoms with Crippen molar-refractivity contribution >= 4 is 37.6 Å². The van der Waals surface area contributed by atoms with Crippen molar-refractivity contribution in [3.8, 4) is 11.8 Å². The van der Waals surface area contributed by atoms with Gasteiger partial charge in [-0.3, -0.25) is 0 Å².